The van der Waals surface area contributed by atoms with Gasteiger partial charge in [-0.15, -0.1) is 0 Å². The molecule has 29 heavy (non-hydrogen) atoms. The Bertz CT molecular complexity index is 1020. The summed E-state index contributed by atoms with van der Waals surface area (Å²) in [7, 11) is 0. The van der Waals surface area contributed by atoms with Crippen LogP contribution >= 0.6 is 11.8 Å². The minimum atomic E-state index is -1.14. The van der Waals surface area contributed by atoms with Gasteiger partial charge in [-0.25, -0.2) is 4.79 Å². The highest BCUT2D eigenvalue weighted by atomic mass is 32.2. The van der Waals surface area contributed by atoms with Gasteiger partial charge >= 0.3 is 5.97 Å². The number of non-ortho nitro benzene ring substituents is 1. The van der Waals surface area contributed by atoms with E-state index in [-0.39, 0.29) is 22.9 Å². The van der Waals surface area contributed by atoms with Crippen molar-refractivity contribution in [2.45, 2.75) is 6.54 Å². The number of nitro groups is 1. The van der Waals surface area contributed by atoms with E-state index in [0.29, 0.717) is 11.1 Å². The van der Waals surface area contributed by atoms with Crippen molar-refractivity contribution in [2.75, 3.05) is 6.61 Å². The Morgan fingerprint density at radius 3 is 2.52 bits per heavy atom. The molecule has 0 atom stereocenters. The molecule has 0 saturated carbocycles. The van der Waals surface area contributed by atoms with Crippen molar-refractivity contribution in [3.8, 4) is 5.75 Å². The van der Waals surface area contributed by atoms with Crippen molar-refractivity contribution >= 4 is 40.6 Å². The van der Waals surface area contributed by atoms with E-state index in [1.165, 1.54) is 30.3 Å². The van der Waals surface area contributed by atoms with Gasteiger partial charge in [0.25, 0.3) is 16.8 Å². The molecule has 1 aliphatic heterocycles. The van der Waals surface area contributed by atoms with Crippen LogP contribution in [0.4, 0.5) is 10.5 Å². The zero-order valence-corrected chi connectivity index (χ0v) is 15.6. The zero-order chi connectivity index (χ0) is 21.0. The third kappa shape index (κ3) is 4.79. The predicted molar refractivity (Wildman–Crippen MR) is 104 cm³/mol. The first kappa shape index (κ1) is 20.1. The van der Waals surface area contributed by atoms with Crippen LogP contribution in [0.3, 0.4) is 0 Å². The van der Waals surface area contributed by atoms with Crippen LogP contribution in [0.1, 0.15) is 11.1 Å². The van der Waals surface area contributed by atoms with Gasteiger partial charge in [-0.1, -0.05) is 30.3 Å². The SMILES string of the molecule is O=C(O)COc1ccccc1C=C1SC(=O)N(Cc2ccc([N+](=O)[O-])cc2)C1=O. The number of benzene rings is 2. The molecule has 9 nitrogen and oxygen atoms in total. The van der Waals surface area contributed by atoms with Gasteiger partial charge in [-0.2, -0.15) is 0 Å². The predicted octanol–water partition coefficient (Wildman–Crippen LogP) is 3.29. The Labute approximate surface area is 168 Å². The smallest absolute Gasteiger partial charge is 0.341 e. The van der Waals surface area contributed by atoms with Crippen LogP contribution in [-0.4, -0.2) is 38.7 Å². The summed E-state index contributed by atoms with van der Waals surface area (Å²) < 4.78 is 5.21. The first-order valence-electron chi connectivity index (χ1n) is 8.27. The molecule has 0 radical (unpaired) electrons. The van der Waals surface area contributed by atoms with E-state index in [1.807, 2.05) is 0 Å². The van der Waals surface area contributed by atoms with E-state index in [0.717, 1.165) is 16.7 Å². The van der Waals surface area contributed by atoms with E-state index in [4.69, 9.17) is 9.84 Å². The minimum absolute atomic E-state index is 0.0167. The molecule has 10 heteroatoms. The summed E-state index contributed by atoms with van der Waals surface area (Å²) in [5.74, 6) is -1.37. The van der Waals surface area contributed by atoms with Crippen molar-refractivity contribution in [2.24, 2.45) is 0 Å². The number of para-hydroxylation sites is 1. The van der Waals surface area contributed by atoms with Crippen molar-refractivity contribution in [1.29, 1.82) is 0 Å². The third-order valence-corrected chi connectivity index (χ3v) is 4.83. The highest BCUT2D eigenvalue weighted by Crippen LogP contribution is 2.35. The minimum Gasteiger partial charge on any atom is -0.481 e. The molecule has 148 valence electrons. The molecule has 1 fully saturated rings. The number of aliphatic carboxylic acids is 1. The topological polar surface area (TPSA) is 127 Å². The van der Waals surface area contributed by atoms with Gasteiger partial charge in [-0.05, 0) is 29.5 Å². The number of nitro benzene ring substituents is 1. The van der Waals surface area contributed by atoms with E-state index < -0.39 is 28.6 Å². The van der Waals surface area contributed by atoms with E-state index in [2.05, 4.69) is 0 Å². The lowest BCUT2D eigenvalue weighted by Gasteiger charge is -2.12. The highest BCUT2D eigenvalue weighted by molar-refractivity contribution is 8.18. The fraction of sp³-hybridized carbons (Fsp3) is 0.105. The molecule has 2 aromatic carbocycles. The van der Waals surface area contributed by atoms with Gasteiger partial charge in [0, 0.05) is 17.7 Å². The molecule has 3 rings (SSSR count). The molecular weight excluding hydrogens is 400 g/mol. The van der Waals surface area contributed by atoms with Crippen LogP contribution in [0, 0.1) is 10.1 Å². The number of hydrogen-bond donors (Lipinski definition) is 1. The molecule has 1 saturated heterocycles. The molecule has 0 bridgehead atoms. The van der Waals surface area contributed by atoms with E-state index in [9.17, 15) is 24.5 Å². The van der Waals surface area contributed by atoms with Gasteiger partial charge < -0.3 is 9.84 Å². The average molecular weight is 414 g/mol. The maximum absolute atomic E-state index is 12.7. The van der Waals surface area contributed by atoms with Crippen LogP contribution in [0.5, 0.6) is 5.75 Å². The largest absolute Gasteiger partial charge is 0.481 e. The second-order valence-corrected chi connectivity index (χ2v) is 6.90. The average Bonchev–Trinajstić information content (AvgIpc) is 2.95. The summed E-state index contributed by atoms with van der Waals surface area (Å²) in [6.45, 7) is -0.552. The molecule has 1 aliphatic rings. The van der Waals surface area contributed by atoms with Crippen molar-refractivity contribution in [3.05, 3.63) is 74.7 Å². The van der Waals surface area contributed by atoms with Gasteiger partial charge in [-0.3, -0.25) is 24.6 Å². The third-order valence-electron chi connectivity index (χ3n) is 3.92. The van der Waals surface area contributed by atoms with Crippen LogP contribution in [0.15, 0.2) is 53.4 Å². The van der Waals surface area contributed by atoms with Crippen LogP contribution in [-0.2, 0) is 16.1 Å². The molecule has 1 N–H and O–H groups in total. The fourth-order valence-electron chi connectivity index (χ4n) is 2.55. The number of hydrogen-bond acceptors (Lipinski definition) is 7. The standard InChI is InChI=1S/C19H14N2O7S/c22-17(23)11-28-15-4-2-1-3-13(15)9-16-18(24)20(19(25)29-16)10-12-5-7-14(8-6-12)21(26)27/h1-9H,10-11H2,(H,22,23). The summed E-state index contributed by atoms with van der Waals surface area (Å²) in [5.41, 5.74) is 0.958. The Balaban J connectivity index is 1.78. The van der Waals surface area contributed by atoms with Gasteiger partial charge in [0.1, 0.15) is 5.75 Å². The number of thioether (sulfide) groups is 1. The van der Waals surface area contributed by atoms with E-state index >= 15 is 0 Å². The molecule has 2 aromatic rings. The number of carbonyl (C=O) groups is 3. The van der Waals surface area contributed by atoms with Gasteiger partial charge in [0.2, 0.25) is 0 Å². The maximum atomic E-state index is 12.7. The lowest BCUT2D eigenvalue weighted by Crippen LogP contribution is -2.27. The van der Waals surface area contributed by atoms with Crippen molar-refractivity contribution in [1.82, 2.24) is 4.90 Å². The number of carboxylic acids is 1. The highest BCUT2D eigenvalue weighted by Gasteiger charge is 2.35. The number of rotatable bonds is 7. The molecule has 0 aromatic heterocycles. The summed E-state index contributed by atoms with van der Waals surface area (Å²) in [6.07, 6.45) is 1.47. The number of nitrogens with zero attached hydrogens (tertiary/aromatic N) is 2. The second-order valence-electron chi connectivity index (χ2n) is 5.91. The van der Waals surface area contributed by atoms with E-state index in [1.54, 1.807) is 24.3 Å². The number of carboxylic acid groups (broad SMARTS) is 1. The monoisotopic (exact) mass is 414 g/mol. The Kier molecular flexibility index (Phi) is 5.93. The number of ether oxygens (including phenoxy) is 1. The lowest BCUT2D eigenvalue weighted by molar-refractivity contribution is -0.384. The van der Waals surface area contributed by atoms with Crippen LogP contribution in [0.2, 0.25) is 0 Å². The summed E-state index contributed by atoms with van der Waals surface area (Å²) in [5, 5.41) is 19.0. The molecule has 0 aliphatic carbocycles. The Morgan fingerprint density at radius 2 is 1.86 bits per heavy atom. The zero-order valence-electron chi connectivity index (χ0n) is 14.8. The number of amides is 2. The summed E-state index contributed by atoms with van der Waals surface area (Å²) >= 11 is 0.755. The first-order valence-corrected chi connectivity index (χ1v) is 9.09. The Morgan fingerprint density at radius 1 is 1.17 bits per heavy atom. The summed E-state index contributed by atoms with van der Waals surface area (Å²) in [4.78, 5) is 47.0. The van der Waals surface area contributed by atoms with Crippen LogP contribution in [0.25, 0.3) is 6.08 Å². The molecule has 1 heterocycles. The Hall–Kier alpha value is -3.66. The molecule has 0 spiro atoms. The first-order chi connectivity index (χ1) is 13.8. The summed E-state index contributed by atoms with van der Waals surface area (Å²) in [6, 6.07) is 12.1. The van der Waals surface area contributed by atoms with Crippen molar-refractivity contribution in [3.63, 3.8) is 0 Å². The maximum Gasteiger partial charge on any atom is 0.341 e. The normalized spacial score (nSPS) is 15.0. The number of carbonyl (C=O) groups excluding carboxylic acids is 2. The van der Waals surface area contributed by atoms with Crippen LogP contribution < -0.4 is 4.74 Å². The van der Waals surface area contributed by atoms with Gasteiger partial charge in [0.15, 0.2) is 6.61 Å². The van der Waals surface area contributed by atoms with Crippen molar-refractivity contribution < 1.29 is 29.2 Å². The quantitative estimate of drug-likeness (QED) is 0.415. The molecule has 0 unspecified atom stereocenters. The molecular formula is C19H14N2O7S. The fourth-order valence-corrected chi connectivity index (χ4v) is 3.38. The lowest BCUT2D eigenvalue weighted by atomic mass is 10.1. The second kappa shape index (κ2) is 8.57. The van der Waals surface area contributed by atoms with Gasteiger partial charge in [0.05, 0.1) is 16.4 Å². The molecule has 2 amide bonds. The number of imide groups is 1.